The Morgan fingerprint density at radius 1 is 0.938 bits per heavy atom. The zero-order valence-corrected chi connectivity index (χ0v) is 17.8. The van der Waals surface area contributed by atoms with Crippen molar-refractivity contribution in [3.63, 3.8) is 0 Å². The second kappa shape index (κ2) is 9.30. The largest absolute Gasteiger partial charge is 0.456 e. The molecule has 2 aromatic rings. The molecule has 0 saturated heterocycles. The number of hydrogen-bond acceptors (Lipinski definition) is 3. The molecule has 0 aromatic heterocycles. The standard InChI is InChI=1S/C20H17F8NOS2/c21-13-3-6-17(22)16(11-13)18(9-7-14(8-10-18)29-31-20(26,27)28)32(30)15-4-1-12(2-5-15)19(23,24)25/h1-6,11,14,29H,7-10H2. The van der Waals surface area contributed by atoms with Crippen molar-refractivity contribution in [3.8, 4) is 0 Å². The summed E-state index contributed by atoms with van der Waals surface area (Å²) in [5.41, 5.74) is -5.68. The van der Waals surface area contributed by atoms with Crippen molar-refractivity contribution in [1.29, 1.82) is 0 Å². The van der Waals surface area contributed by atoms with Gasteiger partial charge in [-0.15, -0.1) is 0 Å². The molecule has 2 aromatic carbocycles. The van der Waals surface area contributed by atoms with Gasteiger partial charge in [0, 0.05) is 28.4 Å². The fourth-order valence-electron chi connectivity index (χ4n) is 3.75. The average molecular weight is 503 g/mol. The summed E-state index contributed by atoms with van der Waals surface area (Å²) in [6.45, 7) is 0. The molecule has 3 rings (SSSR count). The number of hydrogen-bond donors (Lipinski definition) is 1. The summed E-state index contributed by atoms with van der Waals surface area (Å²) >= 11 is -0.416. The summed E-state index contributed by atoms with van der Waals surface area (Å²) < 4.78 is 119. The van der Waals surface area contributed by atoms with E-state index in [0.717, 1.165) is 42.5 Å². The van der Waals surface area contributed by atoms with Crippen molar-refractivity contribution >= 4 is 22.7 Å². The molecule has 1 saturated carbocycles. The first-order valence-corrected chi connectivity index (χ1v) is 11.3. The van der Waals surface area contributed by atoms with Crippen LogP contribution >= 0.6 is 11.9 Å². The van der Waals surface area contributed by atoms with Gasteiger partial charge in [0.1, 0.15) is 11.6 Å². The maximum absolute atomic E-state index is 14.7. The number of benzene rings is 2. The molecule has 1 fully saturated rings. The van der Waals surface area contributed by atoms with Gasteiger partial charge in [-0.3, -0.25) is 8.93 Å². The lowest BCUT2D eigenvalue weighted by Gasteiger charge is -2.40. The SMILES string of the molecule is O=S(c1ccc(C(F)(F)F)cc1)C1(c2cc(F)ccc2F)CCC(NSC(F)(F)F)CC1. The van der Waals surface area contributed by atoms with Crippen LogP contribution in [0, 0.1) is 11.6 Å². The molecule has 0 heterocycles. The van der Waals surface area contributed by atoms with Crippen molar-refractivity contribution in [2.45, 2.75) is 53.1 Å². The summed E-state index contributed by atoms with van der Waals surface area (Å²) in [5, 5.41) is 0. The lowest BCUT2D eigenvalue weighted by Crippen LogP contribution is -2.42. The molecule has 1 unspecified atom stereocenters. The molecule has 2 nitrogen and oxygen atoms in total. The number of rotatable bonds is 5. The minimum atomic E-state index is -4.60. The van der Waals surface area contributed by atoms with Crippen molar-refractivity contribution in [2.24, 2.45) is 0 Å². The van der Waals surface area contributed by atoms with E-state index in [1.165, 1.54) is 0 Å². The maximum atomic E-state index is 14.7. The number of halogens is 8. The van der Waals surface area contributed by atoms with Crippen LogP contribution in [0.5, 0.6) is 0 Å². The Kier molecular flexibility index (Phi) is 7.26. The second-order valence-corrected chi connectivity index (χ2v) is 10.0. The Balaban J connectivity index is 1.94. The van der Waals surface area contributed by atoms with Crippen molar-refractivity contribution in [2.75, 3.05) is 0 Å². The van der Waals surface area contributed by atoms with Gasteiger partial charge >= 0.3 is 11.7 Å². The van der Waals surface area contributed by atoms with Gasteiger partial charge in [0.25, 0.3) is 0 Å². The molecule has 0 bridgehead atoms. The Hall–Kier alpha value is -1.66. The van der Waals surface area contributed by atoms with Crippen LogP contribution in [0.1, 0.15) is 36.8 Å². The van der Waals surface area contributed by atoms with E-state index in [1.54, 1.807) is 0 Å². The van der Waals surface area contributed by atoms with Gasteiger partial charge in [-0.05, 0) is 68.1 Å². The molecule has 176 valence electrons. The lowest BCUT2D eigenvalue weighted by atomic mass is 9.80. The Morgan fingerprint density at radius 2 is 1.53 bits per heavy atom. The summed E-state index contributed by atoms with van der Waals surface area (Å²) in [6, 6.07) is 5.53. The molecule has 1 N–H and O–H groups in total. The molecule has 0 amide bonds. The van der Waals surface area contributed by atoms with Gasteiger partial charge in [-0.25, -0.2) is 8.78 Å². The highest BCUT2D eigenvalue weighted by Crippen LogP contribution is 2.46. The maximum Gasteiger partial charge on any atom is 0.456 e. The van der Waals surface area contributed by atoms with Crippen LogP contribution in [0.4, 0.5) is 35.1 Å². The third-order valence-corrected chi connectivity index (χ3v) is 8.03. The van der Waals surface area contributed by atoms with Crippen LogP contribution in [-0.2, 0) is 21.7 Å². The van der Waals surface area contributed by atoms with Crippen LogP contribution in [0.2, 0.25) is 0 Å². The number of alkyl halides is 6. The molecule has 1 aliphatic rings. The quantitative estimate of drug-likeness (QED) is 0.364. The Bertz CT molecular complexity index is 967. The zero-order chi connectivity index (χ0) is 23.7. The van der Waals surface area contributed by atoms with Gasteiger partial charge in [0.05, 0.1) is 21.1 Å². The Labute approximate surface area is 185 Å². The van der Waals surface area contributed by atoms with E-state index in [-0.39, 0.29) is 36.1 Å². The van der Waals surface area contributed by atoms with Crippen LogP contribution in [0.15, 0.2) is 47.4 Å². The summed E-state index contributed by atoms with van der Waals surface area (Å²) in [5.74, 6) is -1.64. The number of nitrogens with one attached hydrogen (secondary N) is 1. The minimum Gasteiger partial charge on any atom is -0.254 e. The van der Waals surface area contributed by atoms with Gasteiger partial charge in [-0.1, -0.05) is 0 Å². The first-order chi connectivity index (χ1) is 14.8. The van der Waals surface area contributed by atoms with E-state index >= 15 is 0 Å². The van der Waals surface area contributed by atoms with Crippen LogP contribution < -0.4 is 4.72 Å². The molecular formula is C20H17F8NOS2. The Morgan fingerprint density at radius 3 is 2.06 bits per heavy atom. The molecule has 32 heavy (non-hydrogen) atoms. The summed E-state index contributed by atoms with van der Waals surface area (Å²) in [7, 11) is -2.10. The van der Waals surface area contributed by atoms with Crippen LogP contribution in [0.3, 0.4) is 0 Å². The predicted molar refractivity (Wildman–Crippen MR) is 105 cm³/mol. The lowest BCUT2D eigenvalue weighted by molar-refractivity contribution is -0.137. The third-order valence-electron chi connectivity index (χ3n) is 5.30. The van der Waals surface area contributed by atoms with Crippen LogP contribution in [-0.4, -0.2) is 15.8 Å². The van der Waals surface area contributed by atoms with E-state index < -0.39 is 62.4 Å². The van der Waals surface area contributed by atoms with E-state index in [4.69, 9.17) is 0 Å². The van der Waals surface area contributed by atoms with Crippen molar-refractivity contribution in [3.05, 3.63) is 65.2 Å². The molecule has 1 atom stereocenters. The second-order valence-electron chi connectivity index (χ2n) is 7.35. The highest BCUT2D eigenvalue weighted by atomic mass is 32.2. The van der Waals surface area contributed by atoms with Gasteiger partial charge in [0.2, 0.25) is 0 Å². The van der Waals surface area contributed by atoms with E-state index in [0.29, 0.717) is 0 Å². The third kappa shape index (κ3) is 5.63. The minimum absolute atomic E-state index is 0.0160. The molecule has 0 radical (unpaired) electrons. The van der Waals surface area contributed by atoms with Crippen molar-refractivity contribution in [1.82, 2.24) is 4.72 Å². The van der Waals surface area contributed by atoms with E-state index in [1.807, 2.05) is 0 Å². The molecular weight excluding hydrogens is 486 g/mol. The zero-order valence-electron chi connectivity index (χ0n) is 16.2. The van der Waals surface area contributed by atoms with Gasteiger partial charge in [-0.2, -0.15) is 26.3 Å². The van der Waals surface area contributed by atoms with Crippen molar-refractivity contribution < 1.29 is 39.3 Å². The highest BCUT2D eigenvalue weighted by molar-refractivity contribution is 7.98. The normalized spacial score (nSPS) is 23.2. The molecule has 12 heteroatoms. The van der Waals surface area contributed by atoms with Gasteiger partial charge in [0.15, 0.2) is 0 Å². The fourth-order valence-corrected chi connectivity index (χ4v) is 6.08. The summed E-state index contributed by atoms with van der Waals surface area (Å²) in [6.07, 6.45) is -4.57. The molecule has 1 aliphatic carbocycles. The first-order valence-electron chi connectivity index (χ1n) is 9.37. The molecule has 0 spiro atoms. The predicted octanol–water partition coefficient (Wildman–Crippen LogP) is 6.69. The van der Waals surface area contributed by atoms with Crippen LogP contribution in [0.25, 0.3) is 0 Å². The topological polar surface area (TPSA) is 29.1 Å². The van der Waals surface area contributed by atoms with Gasteiger partial charge < -0.3 is 0 Å². The average Bonchev–Trinajstić information content (AvgIpc) is 2.73. The highest BCUT2D eigenvalue weighted by Gasteiger charge is 2.45. The first kappa shape index (κ1) is 25.0. The summed E-state index contributed by atoms with van der Waals surface area (Å²) in [4.78, 5) is -0.0160. The smallest absolute Gasteiger partial charge is 0.254 e. The monoisotopic (exact) mass is 503 g/mol. The fraction of sp³-hybridized carbons (Fsp3) is 0.400. The van der Waals surface area contributed by atoms with E-state index in [9.17, 15) is 39.3 Å². The van der Waals surface area contributed by atoms with E-state index in [2.05, 4.69) is 4.72 Å². The molecule has 0 aliphatic heterocycles.